The monoisotopic (exact) mass is 404 g/mol. The number of halogens is 1. The molecule has 0 radical (unpaired) electrons. The zero-order valence-electron chi connectivity index (χ0n) is 17.6. The highest BCUT2D eigenvalue weighted by molar-refractivity contribution is 5.95. The summed E-state index contributed by atoms with van der Waals surface area (Å²) < 4.78 is 15.4. The molecule has 3 aromatic rings. The first-order valence-corrected chi connectivity index (χ1v) is 10.9. The molecular formula is C26H29FN2O. The molecule has 4 heteroatoms. The van der Waals surface area contributed by atoms with Crippen LogP contribution >= 0.6 is 0 Å². The average Bonchev–Trinajstić information content (AvgIpc) is 3.21. The molecule has 1 heterocycles. The molecule has 4 rings (SSSR count). The van der Waals surface area contributed by atoms with Gasteiger partial charge < -0.3 is 9.47 Å². The van der Waals surface area contributed by atoms with Gasteiger partial charge in [-0.1, -0.05) is 49.6 Å². The number of hydrogen-bond donors (Lipinski definition) is 0. The molecular weight excluding hydrogens is 375 g/mol. The number of amides is 1. The minimum atomic E-state index is -0.223. The van der Waals surface area contributed by atoms with E-state index in [4.69, 9.17) is 0 Å². The summed E-state index contributed by atoms with van der Waals surface area (Å²) in [5.74, 6) is -0.103. The van der Waals surface area contributed by atoms with Gasteiger partial charge in [0.25, 0.3) is 5.91 Å². The van der Waals surface area contributed by atoms with Crippen LogP contribution < -0.4 is 0 Å². The van der Waals surface area contributed by atoms with Crippen molar-refractivity contribution in [2.24, 2.45) is 0 Å². The molecule has 0 saturated heterocycles. The fourth-order valence-corrected chi connectivity index (χ4v) is 4.44. The highest BCUT2D eigenvalue weighted by atomic mass is 19.1. The number of hydrogen-bond acceptors (Lipinski definition) is 1. The second-order valence-corrected chi connectivity index (χ2v) is 8.29. The zero-order chi connectivity index (χ0) is 20.9. The molecule has 0 unspecified atom stereocenters. The highest BCUT2D eigenvalue weighted by Crippen LogP contribution is 2.27. The molecule has 0 N–H and O–H groups in total. The van der Waals surface area contributed by atoms with Crippen molar-refractivity contribution in [2.75, 3.05) is 0 Å². The van der Waals surface area contributed by atoms with E-state index in [2.05, 4.69) is 15.5 Å². The van der Waals surface area contributed by atoms with Crippen LogP contribution in [0, 0.1) is 12.7 Å². The van der Waals surface area contributed by atoms with Gasteiger partial charge in [0.15, 0.2) is 0 Å². The number of carbonyl (C=O) groups excluding carboxylic acids is 1. The SMILES string of the molecule is Cc1ccccc1C(=O)N(Cc1cccn1Cc1ccc(F)cc1)C1CCCCC1. The molecule has 0 bridgehead atoms. The van der Waals surface area contributed by atoms with Gasteiger partial charge in [-0.2, -0.15) is 0 Å². The normalized spacial score (nSPS) is 14.6. The first-order chi connectivity index (χ1) is 14.6. The van der Waals surface area contributed by atoms with Gasteiger partial charge in [0.1, 0.15) is 5.82 Å². The summed E-state index contributed by atoms with van der Waals surface area (Å²) >= 11 is 0. The molecule has 1 aromatic heterocycles. The third-order valence-electron chi connectivity index (χ3n) is 6.17. The lowest BCUT2D eigenvalue weighted by Gasteiger charge is -2.35. The predicted molar refractivity (Wildman–Crippen MR) is 118 cm³/mol. The Morgan fingerprint density at radius 2 is 1.73 bits per heavy atom. The Morgan fingerprint density at radius 3 is 2.47 bits per heavy atom. The van der Waals surface area contributed by atoms with E-state index in [1.54, 1.807) is 0 Å². The molecule has 0 spiro atoms. The second kappa shape index (κ2) is 9.29. The molecule has 0 aliphatic heterocycles. The van der Waals surface area contributed by atoms with Gasteiger partial charge in [-0.15, -0.1) is 0 Å². The lowest BCUT2D eigenvalue weighted by atomic mass is 9.93. The lowest BCUT2D eigenvalue weighted by Crippen LogP contribution is -2.41. The maximum Gasteiger partial charge on any atom is 0.254 e. The first-order valence-electron chi connectivity index (χ1n) is 10.9. The second-order valence-electron chi connectivity index (χ2n) is 8.29. The van der Waals surface area contributed by atoms with Crippen molar-refractivity contribution in [2.45, 2.75) is 58.2 Å². The van der Waals surface area contributed by atoms with Crippen LogP contribution in [0.2, 0.25) is 0 Å². The van der Waals surface area contributed by atoms with Gasteiger partial charge in [-0.3, -0.25) is 4.79 Å². The van der Waals surface area contributed by atoms with Gasteiger partial charge in [-0.25, -0.2) is 4.39 Å². The topological polar surface area (TPSA) is 25.2 Å². The number of aromatic nitrogens is 1. The molecule has 2 aromatic carbocycles. The van der Waals surface area contributed by atoms with Crippen molar-refractivity contribution in [3.63, 3.8) is 0 Å². The van der Waals surface area contributed by atoms with E-state index in [-0.39, 0.29) is 17.8 Å². The van der Waals surface area contributed by atoms with E-state index < -0.39 is 0 Å². The highest BCUT2D eigenvalue weighted by Gasteiger charge is 2.27. The van der Waals surface area contributed by atoms with Crippen LogP contribution in [0.25, 0.3) is 0 Å². The maximum absolute atomic E-state index is 13.6. The van der Waals surface area contributed by atoms with Crippen LogP contribution in [0.15, 0.2) is 66.9 Å². The van der Waals surface area contributed by atoms with Crippen LogP contribution in [0.5, 0.6) is 0 Å². The van der Waals surface area contributed by atoms with Crippen molar-refractivity contribution < 1.29 is 9.18 Å². The largest absolute Gasteiger partial charge is 0.345 e. The third kappa shape index (κ3) is 4.64. The van der Waals surface area contributed by atoms with E-state index in [0.29, 0.717) is 13.1 Å². The fourth-order valence-electron chi connectivity index (χ4n) is 4.44. The molecule has 1 fully saturated rings. The van der Waals surface area contributed by atoms with Crippen LogP contribution in [0.3, 0.4) is 0 Å². The van der Waals surface area contributed by atoms with Gasteiger partial charge in [0.2, 0.25) is 0 Å². The van der Waals surface area contributed by atoms with Gasteiger partial charge >= 0.3 is 0 Å². The standard InChI is InChI=1S/C26H29FN2O/c1-20-8-5-6-12-25(20)26(30)29(23-9-3-2-4-10-23)19-24-11-7-17-28(24)18-21-13-15-22(27)16-14-21/h5-8,11-17,23H,2-4,9-10,18-19H2,1H3. The van der Waals surface area contributed by atoms with Gasteiger partial charge in [-0.05, 0) is 61.2 Å². The van der Waals surface area contributed by atoms with Gasteiger partial charge in [0, 0.05) is 30.0 Å². The summed E-state index contributed by atoms with van der Waals surface area (Å²) in [7, 11) is 0. The maximum atomic E-state index is 13.6. The Bertz CT molecular complexity index is 986. The Labute approximate surface area is 178 Å². The molecule has 3 nitrogen and oxygen atoms in total. The van der Waals surface area contributed by atoms with Crippen molar-refractivity contribution in [1.82, 2.24) is 9.47 Å². The Kier molecular flexibility index (Phi) is 6.32. The molecule has 1 amide bonds. The molecule has 1 aliphatic carbocycles. The summed E-state index contributed by atoms with van der Waals surface area (Å²) in [5.41, 5.74) is 3.96. The average molecular weight is 405 g/mol. The molecule has 156 valence electrons. The Hall–Kier alpha value is -2.88. The number of benzene rings is 2. The Morgan fingerprint density at radius 1 is 1.00 bits per heavy atom. The lowest BCUT2D eigenvalue weighted by molar-refractivity contribution is 0.0608. The number of nitrogens with zero attached hydrogens (tertiary/aromatic N) is 2. The number of aryl methyl sites for hydroxylation is 1. The smallest absolute Gasteiger partial charge is 0.254 e. The van der Waals surface area contributed by atoms with Crippen molar-refractivity contribution >= 4 is 5.91 Å². The Balaban J connectivity index is 1.59. The fraction of sp³-hybridized carbons (Fsp3) is 0.346. The quantitative estimate of drug-likeness (QED) is 0.498. The molecule has 1 saturated carbocycles. The summed E-state index contributed by atoms with van der Waals surface area (Å²) in [6.07, 6.45) is 7.78. The van der Waals surface area contributed by atoms with Crippen molar-refractivity contribution in [1.29, 1.82) is 0 Å². The summed E-state index contributed by atoms with van der Waals surface area (Å²) in [6.45, 7) is 3.26. The van der Waals surface area contributed by atoms with Gasteiger partial charge in [0.05, 0.1) is 6.54 Å². The van der Waals surface area contributed by atoms with E-state index in [0.717, 1.165) is 35.2 Å². The van der Waals surface area contributed by atoms with Crippen LogP contribution in [0.4, 0.5) is 4.39 Å². The van der Waals surface area contributed by atoms with E-state index >= 15 is 0 Å². The van der Waals surface area contributed by atoms with Crippen molar-refractivity contribution in [3.05, 3.63) is 95.1 Å². The molecule has 30 heavy (non-hydrogen) atoms. The molecule has 1 aliphatic rings. The van der Waals surface area contributed by atoms with Crippen LogP contribution in [-0.4, -0.2) is 21.4 Å². The first kappa shape index (κ1) is 20.4. The minimum absolute atomic E-state index is 0.120. The van der Waals surface area contributed by atoms with E-state index in [1.807, 2.05) is 55.6 Å². The third-order valence-corrected chi connectivity index (χ3v) is 6.17. The predicted octanol–water partition coefficient (Wildman–Crippen LogP) is 5.96. The van der Waals surface area contributed by atoms with E-state index in [9.17, 15) is 9.18 Å². The number of rotatable bonds is 6. The van der Waals surface area contributed by atoms with Crippen LogP contribution in [-0.2, 0) is 13.1 Å². The minimum Gasteiger partial charge on any atom is -0.345 e. The number of carbonyl (C=O) groups is 1. The zero-order valence-corrected chi connectivity index (χ0v) is 17.6. The summed E-state index contributed by atoms with van der Waals surface area (Å²) in [6, 6.07) is 18.9. The van der Waals surface area contributed by atoms with Crippen LogP contribution in [0.1, 0.15) is 59.3 Å². The molecule has 0 atom stereocenters. The van der Waals surface area contributed by atoms with E-state index in [1.165, 1.54) is 31.4 Å². The van der Waals surface area contributed by atoms with Crippen molar-refractivity contribution in [3.8, 4) is 0 Å². The summed E-state index contributed by atoms with van der Waals surface area (Å²) in [5, 5.41) is 0. The summed E-state index contributed by atoms with van der Waals surface area (Å²) in [4.78, 5) is 15.7.